The van der Waals surface area contributed by atoms with Gasteiger partial charge in [0, 0.05) is 33.1 Å². The number of rotatable bonds is 7. The van der Waals surface area contributed by atoms with Gasteiger partial charge in [0.15, 0.2) is 0 Å². The Hall–Kier alpha value is -4.41. The molecule has 3 atom stereocenters. The Labute approximate surface area is 252 Å². The van der Waals surface area contributed by atoms with Crippen LogP contribution in [0.25, 0.3) is 0 Å². The van der Waals surface area contributed by atoms with Crippen LogP contribution >= 0.6 is 0 Å². The predicted octanol–water partition coefficient (Wildman–Crippen LogP) is 2.00. The minimum Gasteiger partial charge on any atom is -0.491 e. The molecule has 0 spiro atoms. The van der Waals surface area contributed by atoms with Crippen LogP contribution in [0, 0.1) is 5.92 Å². The summed E-state index contributed by atoms with van der Waals surface area (Å²) in [4.78, 5) is 68.7. The molecule has 5 amide bonds. The van der Waals surface area contributed by atoms with Crippen LogP contribution in [0.4, 0.5) is 0 Å². The molecule has 0 saturated carbocycles. The zero-order valence-corrected chi connectivity index (χ0v) is 25.1. The average Bonchev–Trinajstić information content (AvgIpc) is 3.41. The van der Waals surface area contributed by atoms with Crippen molar-refractivity contribution in [2.45, 2.75) is 64.7 Å². The minimum absolute atomic E-state index is 0.137. The summed E-state index contributed by atoms with van der Waals surface area (Å²) in [5.41, 5.74) is 1.99. The predicted molar refractivity (Wildman–Crippen MR) is 160 cm³/mol. The van der Waals surface area contributed by atoms with E-state index in [0.717, 1.165) is 24.1 Å². The van der Waals surface area contributed by atoms with E-state index >= 15 is 0 Å². The topological polar surface area (TPSA) is 137 Å². The highest BCUT2D eigenvalue weighted by atomic mass is 16.5. The van der Waals surface area contributed by atoms with Gasteiger partial charge in [0.25, 0.3) is 5.91 Å². The number of likely N-dealkylation sites (N-methyl/N-ethyl adjacent to an activating group) is 1. The molecule has 11 heteroatoms. The van der Waals surface area contributed by atoms with Gasteiger partial charge < -0.3 is 30.5 Å². The molecule has 2 aliphatic heterocycles. The van der Waals surface area contributed by atoms with Gasteiger partial charge in [-0.2, -0.15) is 0 Å². The first-order chi connectivity index (χ1) is 20.7. The van der Waals surface area contributed by atoms with Crippen LogP contribution in [0.15, 0.2) is 48.5 Å². The number of fused-ring (bicyclic) bond motifs is 1. The summed E-state index contributed by atoms with van der Waals surface area (Å²) in [6.07, 6.45) is 1.71. The SMILES string of the molecule is CC[C@H](C)[C@@H]1NC(=O)C[C@@H](C(=O)NCc2cccc(CN3CCCC3=O)c2)NC(=O)c2ccccc2OCCN(C)C1=O. The van der Waals surface area contributed by atoms with E-state index in [1.165, 1.54) is 4.90 Å². The van der Waals surface area contributed by atoms with Gasteiger partial charge in [-0.15, -0.1) is 0 Å². The van der Waals surface area contributed by atoms with Crippen molar-refractivity contribution in [2.24, 2.45) is 5.92 Å². The maximum Gasteiger partial charge on any atom is 0.255 e. The Kier molecular flexibility index (Phi) is 10.7. The summed E-state index contributed by atoms with van der Waals surface area (Å²) >= 11 is 0. The summed E-state index contributed by atoms with van der Waals surface area (Å²) < 4.78 is 5.86. The number of hydrogen-bond donors (Lipinski definition) is 3. The first-order valence-corrected chi connectivity index (χ1v) is 14.9. The standard InChI is InChI=1S/C32H41N5O6/c1-4-21(2)29-32(42)36(3)15-16-43-26-12-6-5-11-24(26)30(40)34-25(18-27(38)35-29)31(41)33-19-22-9-7-10-23(17-22)20-37-14-8-13-28(37)39/h5-7,9-12,17,21,25,29H,4,8,13-16,18-20H2,1-3H3,(H,33,41)(H,34,40)(H,35,38)/t21-,25-,29-/m0/s1. The number of likely N-dealkylation sites (tertiary alicyclic amines) is 1. The van der Waals surface area contributed by atoms with E-state index in [1.807, 2.05) is 43.0 Å². The van der Waals surface area contributed by atoms with E-state index in [1.54, 1.807) is 31.3 Å². The van der Waals surface area contributed by atoms with Crippen LogP contribution in [-0.4, -0.2) is 78.2 Å². The number of para-hydroxylation sites is 1. The summed E-state index contributed by atoms with van der Waals surface area (Å²) in [6.45, 7) is 5.62. The third-order valence-electron chi connectivity index (χ3n) is 8.00. The molecule has 0 unspecified atom stereocenters. The van der Waals surface area contributed by atoms with Crippen molar-refractivity contribution in [3.05, 3.63) is 65.2 Å². The van der Waals surface area contributed by atoms with Crippen molar-refractivity contribution in [2.75, 3.05) is 26.7 Å². The molecule has 2 aliphatic rings. The van der Waals surface area contributed by atoms with Crippen LogP contribution in [0.2, 0.25) is 0 Å². The molecule has 1 saturated heterocycles. The fourth-order valence-electron chi connectivity index (χ4n) is 5.21. The molecular weight excluding hydrogens is 550 g/mol. The lowest BCUT2D eigenvalue weighted by atomic mass is 9.97. The van der Waals surface area contributed by atoms with Crippen molar-refractivity contribution >= 4 is 29.5 Å². The van der Waals surface area contributed by atoms with E-state index in [0.29, 0.717) is 25.1 Å². The van der Waals surface area contributed by atoms with Crippen LogP contribution in [-0.2, 0) is 32.3 Å². The van der Waals surface area contributed by atoms with Gasteiger partial charge in [0.05, 0.1) is 18.5 Å². The fraction of sp³-hybridized carbons (Fsp3) is 0.469. The van der Waals surface area contributed by atoms with E-state index in [2.05, 4.69) is 16.0 Å². The maximum atomic E-state index is 13.4. The van der Waals surface area contributed by atoms with Crippen LogP contribution in [0.3, 0.4) is 0 Å². The van der Waals surface area contributed by atoms with E-state index < -0.39 is 29.8 Å². The molecule has 2 aromatic carbocycles. The lowest BCUT2D eigenvalue weighted by Gasteiger charge is -2.29. The van der Waals surface area contributed by atoms with E-state index in [-0.39, 0.29) is 49.4 Å². The second kappa shape index (κ2) is 14.7. The second-order valence-electron chi connectivity index (χ2n) is 11.2. The van der Waals surface area contributed by atoms with Gasteiger partial charge in [-0.05, 0) is 35.6 Å². The average molecular weight is 592 g/mol. The third-order valence-corrected chi connectivity index (χ3v) is 8.00. The minimum atomic E-state index is -1.21. The Morgan fingerprint density at radius 2 is 1.81 bits per heavy atom. The Morgan fingerprint density at radius 3 is 2.56 bits per heavy atom. The zero-order chi connectivity index (χ0) is 30.9. The van der Waals surface area contributed by atoms with Crippen molar-refractivity contribution in [3.8, 4) is 5.75 Å². The molecule has 0 aromatic heterocycles. The maximum absolute atomic E-state index is 13.4. The van der Waals surface area contributed by atoms with Gasteiger partial charge in [-0.25, -0.2) is 0 Å². The normalized spacial score (nSPS) is 20.8. The fourth-order valence-corrected chi connectivity index (χ4v) is 5.21. The number of nitrogens with one attached hydrogen (secondary N) is 3. The van der Waals surface area contributed by atoms with Gasteiger partial charge in [0.1, 0.15) is 24.4 Å². The number of carbonyl (C=O) groups is 5. The molecule has 0 bridgehead atoms. The van der Waals surface area contributed by atoms with Gasteiger partial charge in [-0.3, -0.25) is 24.0 Å². The number of benzene rings is 2. The van der Waals surface area contributed by atoms with Crippen LogP contribution in [0.5, 0.6) is 5.75 Å². The first kappa shape index (κ1) is 31.5. The van der Waals surface area contributed by atoms with Gasteiger partial charge in [0.2, 0.25) is 23.6 Å². The number of nitrogens with zero attached hydrogens (tertiary/aromatic N) is 2. The third kappa shape index (κ3) is 8.33. The summed E-state index contributed by atoms with van der Waals surface area (Å²) in [5, 5.41) is 8.35. The largest absolute Gasteiger partial charge is 0.491 e. The van der Waals surface area contributed by atoms with Crippen molar-refractivity contribution in [3.63, 3.8) is 0 Å². The lowest BCUT2D eigenvalue weighted by Crippen LogP contribution is -2.54. The summed E-state index contributed by atoms with van der Waals surface area (Å²) in [5.74, 6) is -1.58. The van der Waals surface area contributed by atoms with E-state index in [4.69, 9.17) is 4.74 Å². The Bertz CT molecular complexity index is 1350. The summed E-state index contributed by atoms with van der Waals surface area (Å²) in [7, 11) is 1.64. The molecular formula is C32H41N5O6. The molecule has 11 nitrogen and oxygen atoms in total. The molecule has 43 heavy (non-hydrogen) atoms. The molecule has 230 valence electrons. The Morgan fingerprint density at radius 1 is 1.05 bits per heavy atom. The number of ether oxygens (including phenoxy) is 1. The Balaban J connectivity index is 1.53. The van der Waals surface area contributed by atoms with Crippen LogP contribution in [0.1, 0.15) is 61.0 Å². The molecule has 4 rings (SSSR count). The molecule has 0 aliphatic carbocycles. The van der Waals surface area contributed by atoms with Crippen molar-refractivity contribution < 1.29 is 28.7 Å². The van der Waals surface area contributed by atoms with Crippen molar-refractivity contribution in [1.82, 2.24) is 25.8 Å². The highest BCUT2D eigenvalue weighted by molar-refractivity contribution is 6.01. The monoisotopic (exact) mass is 591 g/mol. The first-order valence-electron chi connectivity index (χ1n) is 14.9. The molecule has 2 aromatic rings. The molecule has 1 fully saturated rings. The quantitative estimate of drug-likeness (QED) is 0.451. The smallest absolute Gasteiger partial charge is 0.255 e. The summed E-state index contributed by atoms with van der Waals surface area (Å²) in [6, 6.07) is 12.2. The number of amides is 5. The second-order valence-corrected chi connectivity index (χ2v) is 11.2. The van der Waals surface area contributed by atoms with E-state index in [9.17, 15) is 24.0 Å². The number of carbonyl (C=O) groups excluding carboxylic acids is 5. The zero-order valence-electron chi connectivity index (χ0n) is 25.1. The highest BCUT2D eigenvalue weighted by Gasteiger charge is 2.32. The molecule has 0 radical (unpaired) electrons. The lowest BCUT2D eigenvalue weighted by molar-refractivity contribution is -0.137. The molecule has 2 heterocycles. The highest BCUT2D eigenvalue weighted by Crippen LogP contribution is 2.20. The van der Waals surface area contributed by atoms with Crippen LogP contribution < -0.4 is 20.7 Å². The van der Waals surface area contributed by atoms with Gasteiger partial charge in [-0.1, -0.05) is 56.7 Å². The van der Waals surface area contributed by atoms with Gasteiger partial charge >= 0.3 is 0 Å². The van der Waals surface area contributed by atoms with Crippen molar-refractivity contribution in [1.29, 1.82) is 0 Å². The molecule has 3 N–H and O–H groups in total. The number of hydrogen-bond acceptors (Lipinski definition) is 6.